The Morgan fingerprint density at radius 3 is 2.07 bits per heavy atom. The minimum absolute atomic E-state index is 0.248. The van der Waals surface area contributed by atoms with E-state index in [1.807, 2.05) is 6.92 Å². The van der Waals surface area contributed by atoms with Gasteiger partial charge in [0.25, 0.3) is 0 Å². The maximum atomic E-state index is 5.46. The van der Waals surface area contributed by atoms with Gasteiger partial charge in [0.1, 0.15) is 6.61 Å². The Hall–Kier alpha value is -0.530. The Balaban J connectivity index is 2.89. The van der Waals surface area contributed by atoms with Gasteiger partial charge >= 0.3 is 0 Å². The van der Waals surface area contributed by atoms with Crippen LogP contribution < -0.4 is 0 Å². The Morgan fingerprint density at radius 2 is 1.79 bits per heavy atom. The van der Waals surface area contributed by atoms with Crippen molar-refractivity contribution in [2.24, 2.45) is 22.2 Å². The van der Waals surface area contributed by atoms with Crippen molar-refractivity contribution in [3.8, 4) is 0 Å². The van der Waals surface area contributed by atoms with E-state index in [4.69, 9.17) is 4.74 Å². The number of rotatable bonds is 3. The molecule has 1 aliphatic heterocycles. The van der Waals surface area contributed by atoms with Crippen LogP contribution in [0.2, 0.25) is 0 Å². The van der Waals surface area contributed by atoms with Gasteiger partial charge in [-0.25, -0.2) is 4.99 Å². The molecule has 2 heteroatoms. The van der Waals surface area contributed by atoms with Gasteiger partial charge in [0.2, 0.25) is 0 Å². The Labute approximate surface area is 87.8 Å². The summed E-state index contributed by atoms with van der Waals surface area (Å²) in [6, 6.07) is 0.336. The third kappa shape index (κ3) is 1.79. The quantitative estimate of drug-likeness (QED) is 0.681. The van der Waals surface area contributed by atoms with Gasteiger partial charge in [0.15, 0.2) is 5.90 Å². The van der Waals surface area contributed by atoms with Crippen LogP contribution in [0.25, 0.3) is 0 Å². The highest BCUT2D eigenvalue weighted by Crippen LogP contribution is 2.41. The van der Waals surface area contributed by atoms with Gasteiger partial charge in [-0.3, -0.25) is 0 Å². The van der Waals surface area contributed by atoms with E-state index >= 15 is 0 Å². The molecule has 0 spiro atoms. The van der Waals surface area contributed by atoms with Crippen molar-refractivity contribution in [3.05, 3.63) is 0 Å². The van der Waals surface area contributed by atoms with Crippen molar-refractivity contribution < 1.29 is 4.74 Å². The Bertz CT molecular complexity index is 222. The second kappa shape index (κ2) is 3.92. The monoisotopic (exact) mass is 197 g/mol. The van der Waals surface area contributed by atoms with Gasteiger partial charge in [-0.2, -0.15) is 0 Å². The fraction of sp³-hybridized carbons (Fsp3) is 0.917. The van der Waals surface area contributed by atoms with Crippen molar-refractivity contribution in [2.75, 3.05) is 6.61 Å². The lowest BCUT2D eigenvalue weighted by atomic mass is 9.66. The molecule has 1 unspecified atom stereocenters. The molecule has 0 N–H and O–H groups in total. The molecule has 14 heavy (non-hydrogen) atoms. The van der Waals surface area contributed by atoms with Crippen molar-refractivity contribution in [2.45, 2.75) is 47.6 Å². The van der Waals surface area contributed by atoms with Crippen LogP contribution in [0.4, 0.5) is 0 Å². The zero-order chi connectivity index (χ0) is 10.9. The molecule has 1 rings (SSSR count). The molecule has 0 saturated carbocycles. The number of nitrogens with zero attached hydrogens (tertiary/aromatic N) is 1. The van der Waals surface area contributed by atoms with Crippen LogP contribution in [-0.2, 0) is 4.74 Å². The summed E-state index contributed by atoms with van der Waals surface area (Å²) in [5.74, 6) is 2.11. The van der Waals surface area contributed by atoms with Crippen LogP contribution in [0.1, 0.15) is 41.5 Å². The summed E-state index contributed by atoms with van der Waals surface area (Å²) in [7, 11) is 0. The maximum absolute atomic E-state index is 5.46. The molecule has 0 aromatic heterocycles. The van der Waals surface area contributed by atoms with E-state index in [0.29, 0.717) is 17.9 Å². The molecular weight excluding hydrogens is 174 g/mol. The topological polar surface area (TPSA) is 21.6 Å². The van der Waals surface area contributed by atoms with E-state index in [2.05, 4.69) is 39.6 Å². The second-order valence-corrected chi connectivity index (χ2v) is 5.15. The standard InChI is InChI=1S/C12H23NO/c1-8(2)12(6,9(3)4)11-7-14-10(5)13-11/h8-9,11H,7H2,1-6H3. The predicted octanol–water partition coefficient (Wildman–Crippen LogP) is 3.12. The van der Waals surface area contributed by atoms with Crippen molar-refractivity contribution >= 4 is 5.90 Å². The van der Waals surface area contributed by atoms with Crippen LogP contribution in [0, 0.1) is 17.3 Å². The van der Waals surface area contributed by atoms with Crippen LogP contribution in [0.3, 0.4) is 0 Å². The molecule has 1 heterocycles. The largest absolute Gasteiger partial charge is 0.479 e. The number of aliphatic imine (C=N–C) groups is 1. The minimum Gasteiger partial charge on any atom is -0.479 e. The molecule has 1 atom stereocenters. The number of hydrogen-bond acceptors (Lipinski definition) is 2. The summed E-state index contributed by atoms with van der Waals surface area (Å²) < 4.78 is 5.46. The lowest BCUT2D eigenvalue weighted by Crippen LogP contribution is -2.41. The molecule has 2 nitrogen and oxygen atoms in total. The average molecular weight is 197 g/mol. The fourth-order valence-electron chi connectivity index (χ4n) is 2.25. The third-order valence-corrected chi connectivity index (χ3v) is 3.99. The third-order valence-electron chi connectivity index (χ3n) is 3.99. The van der Waals surface area contributed by atoms with Crippen LogP contribution in [0.5, 0.6) is 0 Å². The zero-order valence-corrected chi connectivity index (χ0v) is 10.3. The molecule has 0 bridgehead atoms. The molecule has 0 aromatic rings. The lowest BCUT2D eigenvalue weighted by Gasteiger charge is -2.40. The van der Waals surface area contributed by atoms with Crippen molar-refractivity contribution in [1.82, 2.24) is 0 Å². The Kier molecular flexibility index (Phi) is 3.23. The highest BCUT2D eigenvalue weighted by Gasteiger charge is 2.42. The van der Waals surface area contributed by atoms with E-state index in [9.17, 15) is 0 Å². The lowest BCUT2D eigenvalue weighted by molar-refractivity contribution is 0.0829. The van der Waals surface area contributed by atoms with Crippen LogP contribution >= 0.6 is 0 Å². The first-order valence-electron chi connectivity index (χ1n) is 5.56. The molecule has 82 valence electrons. The van der Waals surface area contributed by atoms with Gasteiger partial charge in [-0.15, -0.1) is 0 Å². The first-order chi connectivity index (χ1) is 6.39. The number of ether oxygens (including phenoxy) is 1. The van der Waals surface area contributed by atoms with Crippen molar-refractivity contribution in [1.29, 1.82) is 0 Å². The molecule has 0 radical (unpaired) electrons. The molecule has 0 aliphatic carbocycles. The minimum atomic E-state index is 0.248. The number of hydrogen-bond donors (Lipinski definition) is 0. The highest BCUT2D eigenvalue weighted by molar-refractivity contribution is 5.74. The Morgan fingerprint density at radius 1 is 1.29 bits per heavy atom. The summed E-state index contributed by atoms with van der Waals surface area (Å²) in [5, 5.41) is 0. The molecule has 0 amide bonds. The SMILES string of the molecule is CC1=NC(C(C)(C(C)C)C(C)C)CO1. The summed E-state index contributed by atoms with van der Waals surface area (Å²) in [5.41, 5.74) is 0.248. The van der Waals surface area contributed by atoms with E-state index in [0.717, 1.165) is 12.5 Å². The second-order valence-electron chi connectivity index (χ2n) is 5.15. The molecule has 1 aliphatic rings. The smallest absolute Gasteiger partial charge is 0.180 e. The van der Waals surface area contributed by atoms with E-state index in [1.165, 1.54) is 0 Å². The first-order valence-corrected chi connectivity index (χ1v) is 5.56. The summed E-state index contributed by atoms with van der Waals surface area (Å²) in [4.78, 5) is 4.60. The van der Waals surface area contributed by atoms with Gasteiger partial charge in [-0.1, -0.05) is 34.6 Å². The maximum Gasteiger partial charge on any atom is 0.180 e. The molecule has 0 fully saturated rings. The highest BCUT2D eigenvalue weighted by atomic mass is 16.5. The summed E-state index contributed by atoms with van der Waals surface area (Å²) in [6.07, 6.45) is 0. The van der Waals surface area contributed by atoms with Crippen LogP contribution in [0.15, 0.2) is 4.99 Å². The molecule has 0 aromatic carbocycles. The predicted molar refractivity (Wildman–Crippen MR) is 60.6 cm³/mol. The fourth-order valence-corrected chi connectivity index (χ4v) is 2.25. The zero-order valence-electron chi connectivity index (χ0n) is 10.3. The van der Waals surface area contributed by atoms with E-state index in [-0.39, 0.29) is 5.41 Å². The van der Waals surface area contributed by atoms with Gasteiger partial charge in [0.05, 0.1) is 6.04 Å². The molecular formula is C12H23NO. The van der Waals surface area contributed by atoms with Crippen molar-refractivity contribution in [3.63, 3.8) is 0 Å². The average Bonchev–Trinajstić information content (AvgIpc) is 2.49. The van der Waals surface area contributed by atoms with E-state index < -0.39 is 0 Å². The molecule has 0 saturated heterocycles. The van der Waals surface area contributed by atoms with Gasteiger partial charge in [0, 0.05) is 6.92 Å². The summed E-state index contributed by atoms with van der Waals surface area (Å²) in [6.45, 7) is 14.2. The van der Waals surface area contributed by atoms with Crippen LogP contribution in [-0.4, -0.2) is 18.5 Å². The van der Waals surface area contributed by atoms with Gasteiger partial charge < -0.3 is 4.74 Å². The normalized spacial score (nSPS) is 22.9. The first kappa shape index (κ1) is 11.5. The van der Waals surface area contributed by atoms with E-state index in [1.54, 1.807) is 0 Å². The van der Waals surface area contributed by atoms with Gasteiger partial charge in [-0.05, 0) is 17.3 Å². The summed E-state index contributed by atoms with van der Waals surface area (Å²) >= 11 is 0.